The van der Waals surface area contributed by atoms with E-state index >= 15 is 0 Å². The van der Waals surface area contributed by atoms with Crippen LogP contribution in [0.25, 0.3) is 0 Å². The monoisotopic (exact) mass is 505 g/mol. The number of alkyl halides is 3. The summed E-state index contributed by atoms with van der Waals surface area (Å²) in [4.78, 5) is 19.2. The lowest BCUT2D eigenvalue weighted by Crippen LogP contribution is -2.51. The van der Waals surface area contributed by atoms with Gasteiger partial charge in [0, 0.05) is 36.9 Å². The summed E-state index contributed by atoms with van der Waals surface area (Å²) >= 11 is 5.87. The molecule has 0 atom stereocenters. The standard InChI is InChI=1S/C15H19ClF3N5O.HI/c16-11-1-3-12(4-2-11)23-5-7-24(8-6-23)14(20)21-9-13(25)22-10-15(17,18)19;/h1-4H,5-10H2,(H2,20,21)(H,22,25);1H. The summed E-state index contributed by atoms with van der Waals surface area (Å²) in [6.07, 6.45) is -4.44. The normalized spacial score (nSPS) is 15.5. The number of hydrogen-bond acceptors (Lipinski definition) is 3. The second-order valence-electron chi connectivity index (χ2n) is 5.52. The number of guanidine groups is 1. The zero-order chi connectivity index (χ0) is 18.4. The molecule has 0 spiro atoms. The highest BCUT2D eigenvalue weighted by Gasteiger charge is 2.27. The average molecular weight is 506 g/mol. The molecule has 1 saturated heterocycles. The van der Waals surface area contributed by atoms with Crippen molar-refractivity contribution in [3.63, 3.8) is 0 Å². The van der Waals surface area contributed by atoms with Crippen LogP contribution in [0.5, 0.6) is 0 Å². The Labute approximate surface area is 171 Å². The summed E-state index contributed by atoms with van der Waals surface area (Å²) in [5, 5.41) is 2.42. The number of hydrogen-bond donors (Lipinski definition) is 2. The van der Waals surface area contributed by atoms with Crippen LogP contribution in [0.3, 0.4) is 0 Å². The number of aliphatic imine (C=N–C) groups is 1. The van der Waals surface area contributed by atoms with Crippen LogP contribution in [0.15, 0.2) is 29.3 Å². The largest absolute Gasteiger partial charge is 0.405 e. The Hall–Kier alpha value is -1.43. The van der Waals surface area contributed by atoms with E-state index in [-0.39, 0.29) is 29.9 Å². The van der Waals surface area contributed by atoms with E-state index in [1.165, 1.54) is 0 Å². The van der Waals surface area contributed by atoms with Crippen LogP contribution >= 0.6 is 35.6 Å². The van der Waals surface area contributed by atoms with Gasteiger partial charge in [-0.2, -0.15) is 13.2 Å². The minimum atomic E-state index is -4.44. The highest BCUT2D eigenvalue weighted by Crippen LogP contribution is 2.19. The van der Waals surface area contributed by atoms with Crippen molar-refractivity contribution >= 4 is 53.1 Å². The predicted molar refractivity (Wildman–Crippen MR) is 106 cm³/mol. The third kappa shape index (κ3) is 7.44. The first-order valence-corrected chi connectivity index (χ1v) is 8.01. The summed E-state index contributed by atoms with van der Waals surface area (Å²) < 4.78 is 36.0. The highest BCUT2D eigenvalue weighted by atomic mass is 127. The number of anilines is 1. The Morgan fingerprint density at radius 1 is 1.19 bits per heavy atom. The van der Waals surface area contributed by atoms with Gasteiger partial charge in [-0.05, 0) is 24.3 Å². The van der Waals surface area contributed by atoms with Crippen molar-refractivity contribution in [1.29, 1.82) is 0 Å². The van der Waals surface area contributed by atoms with E-state index in [0.717, 1.165) is 5.69 Å². The zero-order valence-electron chi connectivity index (χ0n) is 13.8. The number of nitrogens with zero attached hydrogens (tertiary/aromatic N) is 3. The summed E-state index contributed by atoms with van der Waals surface area (Å²) in [5.74, 6) is -0.669. The Morgan fingerprint density at radius 3 is 2.31 bits per heavy atom. The Balaban J connectivity index is 0.00000338. The van der Waals surface area contributed by atoms with E-state index < -0.39 is 25.2 Å². The van der Waals surface area contributed by atoms with Gasteiger partial charge < -0.3 is 20.9 Å². The molecule has 1 fully saturated rings. The maximum Gasteiger partial charge on any atom is 0.405 e. The van der Waals surface area contributed by atoms with Gasteiger partial charge in [-0.3, -0.25) is 4.79 Å². The molecular formula is C15H20ClF3IN5O. The summed E-state index contributed by atoms with van der Waals surface area (Å²) in [6.45, 7) is 0.806. The van der Waals surface area contributed by atoms with Crippen LogP contribution in [-0.2, 0) is 4.79 Å². The van der Waals surface area contributed by atoms with Crippen LogP contribution in [0.1, 0.15) is 0 Å². The smallest absolute Gasteiger partial charge is 0.370 e. The van der Waals surface area contributed by atoms with Crippen molar-refractivity contribution in [2.75, 3.05) is 44.2 Å². The molecule has 1 aromatic carbocycles. The third-order valence-electron chi connectivity index (χ3n) is 3.67. The van der Waals surface area contributed by atoms with E-state index in [1.807, 2.05) is 24.3 Å². The number of amides is 1. The first kappa shape index (κ1) is 22.6. The van der Waals surface area contributed by atoms with Crippen molar-refractivity contribution in [3.05, 3.63) is 29.3 Å². The number of carbonyl (C=O) groups excluding carboxylic acids is 1. The molecular weight excluding hydrogens is 486 g/mol. The van der Waals surface area contributed by atoms with E-state index in [9.17, 15) is 18.0 Å². The molecule has 1 aliphatic heterocycles. The molecule has 26 heavy (non-hydrogen) atoms. The quantitative estimate of drug-likeness (QED) is 0.373. The van der Waals surface area contributed by atoms with Crippen LogP contribution in [-0.4, -0.2) is 62.2 Å². The van der Waals surface area contributed by atoms with E-state index in [4.69, 9.17) is 17.3 Å². The van der Waals surface area contributed by atoms with E-state index in [1.54, 1.807) is 10.2 Å². The fourth-order valence-electron chi connectivity index (χ4n) is 2.35. The first-order chi connectivity index (χ1) is 11.7. The number of nitrogens with two attached hydrogens (primary N) is 1. The third-order valence-corrected chi connectivity index (χ3v) is 3.92. The van der Waals surface area contributed by atoms with Gasteiger partial charge in [-0.25, -0.2) is 4.99 Å². The lowest BCUT2D eigenvalue weighted by atomic mass is 10.2. The molecule has 0 unspecified atom stereocenters. The van der Waals surface area contributed by atoms with Crippen LogP contribution < -0.4 is 16.0 Å². The predicted octanol–water partition coefficient (Wildman–Crippen LogP) is 2.07. The van der Waals surface area contributed by atoms with E-state index in [2.05, 4.69) is 9.89 Å². The Kier molecular flexibility index (Phi) is 8.74. The van der Waals surface area contributed by atoms with Gasteiger partial charge in [-0.1, -0.05) is 11.6 Å². The number of halogens is 5. The minimum Gasteiger partial charge on any atom is -0.370 e. The topological polar surface area (TPSA) is 74.0 Å². The molecule has 0 aromatic heterocycles. The molecule has 146 valence electrons. The molecule has 1 amide bonds. The Morgan fingerprint density at radius 2 is 1.77 bits per heavy atom. The molecule has 6 nitrogen and oxygen atoms in total. The number of piperazine rings is 1. The van der Waals surface area contributed by atoms with Crippen molar-refractivity contribution in [2.24, 2.45) is 10.7 Å². The molecule has 0 saturated carbocycles. The van der Waals surface area contributed by atoms with Crippen molar-refractivity contribution in [3.8, 4) is 0 Å². The maximum absolute atomic E-state index is 12.0. The first-order valence-electron chi connectivity index (χ1n) is 7.63. The number of rotatable bonds is 4. The second kappa shape index (κ2) is 10.0. The molecule has 1 aromatic rings. The molecule has 0 aliphatic carbocycles. The van der Waals surface area contributed by atoms with Crippen LogP contribution in [0.2, 0.25) is 5.02 Å². The van der Waals surface area contributed by atoms with Gasteiger partial charge in [0.1, 0.15) is 13.1 Å². The highest BCUT2D eigenvalue weighted by molar-refractivity contribution is 14.0. The number of benzene rings is 1. The number of nitrogens with one attached hydrogen (secondary N) is 1. The molecule has 11 heteroatoms. The number of carbonyl (C=O) groups is 1. The minimum absolute atomic E-state index is 0. The molecule has 1 aliphatic rings. The van der Waals surface area contributed by atoms with E-state index in [0.29, 0.717) is 31.2 Å². The van der Waals surface area contributed by atoms with Crippen molar-refractivity contribution < 1.29 is 18.0 Å². The van der Waals surface area contributed by atoms with Gasteiger partial charge in [0.2, 0.25) is 5.91 Å². The summed E-state index contributed by atoms with van der Waals surface area (Å²) in [6, 6.07) is 7.50. The molecule has 0 radical (unpaired) electrons. The fourth-order valence-corrected chi connectivity index (χ4v) is 2.48. The van der Waals surface area contributed by atoms with Gasteiger partial charge >= 0.3 is 6.18 Å². The van der Waals surface area contributed by atoms with Crippen LogP contribution in [0, 0.1) is 0 Å². The fraction of sp³-hybridized carbons (Fsp3) is 0.467. The lowest BCUT2D eigenvalue weighted by Gasteiger charge is -2.36. The second-order valence-corrected chi connectivity index (χ2v) is 5.95. The van der Waals surface area contributed by atoms with Crippen molar-refractivity contribution in [1.82, 2.24) is 10.2 Å². The summed E-state index contributed by atoms with van der Waals surface area (Å²) in [5.41, 5.74) is 6.87. The molecule has 2 rings (SSSR count). The Bertz CT molecular complexity index is 619. The average Bonchev–Trinajstić information content (AvgIpc) is 2.58. The summed E-state index contributed by atoms with van der Waals surface area (Å²) in [7, 11) is 0. The zero-order valence-corrected chi connectivity index (χ0v) is 16.9. The van der Waals surface area contributed by atoms with Crippen LogP contribution in [0.4, 0.5) is 18.9 Å². The lowest BCUT2D eigenvalue weighted by molar-refractivity contribution is -0.137. The van der Waals surface area contributed by atoms with Gasteiger partial charge in [0.05, 0.1) is 0 Å². The molecule has 3 N–H and O–H groups in total. The SMILES string of the molecule is I.NC(=NCC(=O)NCC(F)(F)F)N1CCN(c2ccc(Cl)cc2)CC1. The van der Waals surface area contributed by atoms with Crippen molar-refractivity contribution in [2.45, 2.75) is 6.18 Å². The van der Waals surface area contributed by atoms with Gasteiger partial charge in [0.25, 0.3) is 0 Å². The maximum atomic E-state index is 12.0. The molecule has 1 heterocycles. The molecule has 0 bridgehead atoms. The van der Waals surface area contributed by atoms with Gasteiger partial charge in [0.15, 0.2) is 5.96 Å². The van der Waals surface area contributed by atoms with Gasteiger partial charge in [-0.15, -0.1) is 24.0 Å².